The van der Waals surface area contributed by atoms with E-state index in [1.54, 1.807) is 10.9 Å². The van der Waals surface area contributed by atoms with Gasteiger partial charge in [-0.05, 0) is 45.0 Å². The Hall–Kier alpha value is -1.36. The summed E-state index contributed by atoms with van der Waals surface area (Å²) in [5.74, 6) is -0.960. The van der Waals surface area contributed by atoms with Gasteiger partial charge in [-0.2, -0.15) is 5.10 Å². The van der Waals surface area contributed by atoms with E-state index in [-0.39, 0.29) is 5.69 Å². The molecule has 1 aliphatic heterocycles. The van der Waals surface area contributed by atoms with E-state index < -0.39 is 5.97 Å². The average molecular weight is 223 g/mol. The van der Waals surface area contributed by atoms with Crippen LogP contribution < -0.4 is 0 Å². The van der Waals surface area contributed by atoms with E-state index in [0.717, 1.165) is 19.5 Å². The molecule has 1 saturated heterocycles. The molecular formula is C11H17N3O2. The van der Waals surface area contributed by atoms with Gasteiger partial charge in [0, 0.05) is 12.7 Å². The van der Waals surface area contributed by atoms with Crippen LogP contribution in [-0.4, -0.2) is 45.4 Å². The van der Waals surface area contributed by atoms with Crippen LogP contribution in [0.15, 0.2) is 12.3 Å². The summed E-state index contributed by atoms with van der Waals surface area (Å²) in [4.78, 5) is 13.1. The van der Waals surface area contributed by atoms with Crippen molar-refractivity contribution < 1.29 is 9.90 Å². The maximum Gasteiger partial charge on any atom is 0.356 e. The number of nitrogens with zero attached hydrogens (tertiary/aromatic N) is 3. The van der Waals surface area contributed by atoms with Crippen LogP contribution in [0.25, 0.3) is 0 Å². The normalized spacial score (nSPS) is 16.8. The SMILES string of the molecule is O=C(O)c1ccn(CCCN2CCCC2)n1. The standard InChI is InChI=1S/C11H17N3O2/c15-11(16)10-4-9-14(12-10)8-3-7-13-5-1-2-6-13/h4,9H,1-3,5-8H2,(H,15,16). The number of carboxylic acids is 1. The minimum Gasteiger partial charge on any atom is -0.476 e. The zero-order chi connectivity index (χ0) is 11.4. The number of carboxylic acid groups (broad SMARTS) is 1. The first-order valence-corrected chi connectivity index (χ1v) is 5.75. The molecule has 0 spiro atoms. The summed E-state index contributed by atoms with van der Waals surface area (Å²) >= 11 is 0. The smallest absolute Gasteiger partial charge is 0.356 e. The Morgan fingerprint density at radius 1 is 1.38 bits per heavy atom. The second-order valence-electron chi connectivity index (χ2n) is 4.17. The predicted molar refractivity (Wildman–Crippen MR) is 59.5 cm³/mol. The number of aryl methyl sites for hydroxylation is 1. The molecule has 0 bridgehead atoms. The molecule has 2 heterocycles. The van der Waals surface area contributed by atoms with Gasteiger partial charge in [-0.15, -0.1) is 0 Å². The van der Waals surface area contributed by atoms with E-state index in [0.29, 0.717) is 0 Å². The zero-order valence-electron chi connectivity index (χ0n) is 9.30. The van der Waals surface area contributed by atoms with Crippen LogP contribution in [0.4, 0.5) is 0 Å². The van der Waals surface area contributed by atoms with Gasteiger partial charge in [0.25, 0.3) is 0 Å². The lowest BCUT2D eigenvalue weighted by molar-refractivity contribution is 0.0689. The molecule has 0 unspecified atom stereocenters. The van der Waals surface area contributed by atoms with Gasteiger partial charge >= 0.3 is 5.97 Å². The summed E-state index contributed by atoms with van der Waals surface area (Å²) in [6.07, 6.45) is 5.38. The fourth-order valence-electron chi connectivity index (χ4n) is 2.06. The van der Waals surface area contributed by atoms with Crippen LogP contribution in [0.2, 0.25) is 0 Å². The summed E-state index contributed by atoms with van der Waals surface area (Å²) in [6.45, 7) is 4.30. The molecule has 1 aromatic rings. The van der Waals surface area contributed by atoms with Crippen molar-refractivity contribution in [3.8, 4) is 0 Å². The number of hydrogen-bond acceptors (Lipinski definition) is 3. The minimum atomic E-state index is -0.960. The summed E-state index contributed by atoms with van der Waals surface area (Å²) in [5, 5.41) is 12.7. The van der Waals surface area contributed by atoms with Crippen molar-refractivity contribution in [2.75, 3.05) is 19.6 Å². The molecule has 0 amide bonds. The van der Waals surface area contributed by atoms with Crippen molar-refractivity contribution in [1.82, 2.24) is 14.7 Å². The first-order chi connectivity index (χ1) is 7.75. The number of carbonyl (C=O) groups is 1. The van der Waals surface area contributed by atoms with Gasteiger partial charge < -0.3 is 10.0 Å². The molecule has 1 aliphatic rings. The summed E-state index contributed by atoms with van der Waals surface area (Å²) in [5.41, 5.74) is 0.126. The van der Waals surface area contributed by atoms with E-state index in [4.69, 9.17) is 5.11 Å². The molecule has 0 aromatic carbocycles. The third-order valence-electron chi connectivity index (χ3n) is 2.92. The second kappa shape index (κ2) is 5.12. The van der Waals surface area contributed by atoms with Gasteiger partial charge in [-0.25, -0.2) is 4.79 Å². The molecule has 1 fully saturated rings. The highest BCUT2D eigenvalue weighted by atomic mass is 16.4. The average Bonchev–Trinajstić information content (AvgIpc) is 2.87. The Balaban J connectivity index is 1.74. The van der Waals surface area contributed by atoms with E-state index in [1.165, 1.54) is 32.0 Å². The van der Waals surface area contributed by atoms with Gasteiger partial charge in [0.05, 0.1) is 0 Å². The number of hydrogen-bond donors (Lipinski definition) is 1. The molecule has 0 saturated carbocycles. The first kappa shape index (κ1) is 11.1. The maximum atomic E-state index is 10.6. The topological polar surface area (TPSA) is 58.4 Å². The number of aromatic nitrogens is 2. The molecule has 2 rings (SSSR count). The van der Waals surface area contributed by atoms with Crippen LogP contribution >= 0.6 is 0 Å². The van der Waals surface area contributed by atoms with E-state index >= 15 is 0 Å². The quantitative estimate of drug-likeness (QED) is 0.811. The number of aromatic carboxylic acids is 1. The largest absolute Gasteiger partial charge is 0.476 e. The lowest BCUT2D eigenvalue weighted by atomic mass is 10.4. The lowest BCUT2D eigenvalue weighted by Crippen LogP contribution is -2.21. The zero-order valence-corrected chi connectivity index (χ0v) is 9.30. The molecule has 5 nitrogen and oxygen atoms in total. The van der Waals surface area contributed by atoms with Crippen LogP contribution in [0.1, 0.15) is 29.8 Å². The maximum absolute atomic E-state index is 10.6. The van der Waals surface area contributed by atoms with Gasteiger partial charge in [-0.1, -0.05) is 0 Å². The molecule has 0 aliphatic carbocycles. The molecule has 0 atom stereocenters. The van der Waals surface area contributed by atoms with Crippen LogP contribution in [-0.2, 0) is 6.54 Å². The third kappa shape index (κ3) is 2.82. The van der Waals surface area contributed by atoms with E-state index in [1.807, 2.05) is 0 Å². The fraction of sp³-hybridized carbons (Fsp3) is 0.636. The van der Waals surface area contributed by atoms with Gasteiger partial charge in [0.2, 0.25) is 0 Å². The van der Waals surface area contributed by atoms with Crippen molar-refractivity contribution in [3.63, 3.8) is 0 Å². The molecule has 1 N–H and O–H groups in total. The van der Waals surface area contributed by atoms with Crippen molar-refractivity contribution in [2.45, 2.75) is 25.8 Å². The summed E-state index contributed by atoms with van der Waals surface area (Å²) < 4.78 is 1.71. The molecule has 16 heavy (non-hydrogen) atoms. The van der Waals surface area contributed by atoms with Gasteiger partial charge in [0.15, 0.2) is 5.69 Å². The van der Waals surface area contributed by atoms with Crippen molar-refractivity contribution in [1.29, 1.82) is 0 Å². The van der Waals surface area contributed by atoms with E-state index in [2.05, 4.69) is 10.00 Å². The molecule has 0 radical (unpaired) electrons. The Morgan fingerprint density at radius 3 is 2.75 bits per heavy atom. The highest BCUT2D eigenvalue weighted by Gasteiger charge is 2.11. The van der Waals surface area contributed by atoms with Crippen LogP contribution in [0, 0.1) is 0 Å². The van der Waals surface area contributed by atoms with Crippen molar-refractivity contribution in [3.05, 3.63) is 18.0 Å². The lowest BCUT2D eigenvalue weighted by Gasteiger charge is -2.13. The Kier molecular flexibility index (Phi) is 3.56. The second-order valence-corrected chi connectivity index (χ2v) is 4.17. The number of likely N-dealkylation sites (tertiary alicyclic amines) is 1. The molecule has 5 heteroatoms. The summed E-state index contributed by atoms with van der Waals surface area (Å²) in [7, 11) is 0. The van der Waals surface area contributed by atoms with Crippen LogP contribution in [0.5, 0.6) is 0 Å². The van der Waals surface area contributed by atoms with Gasteiger partial charge in [0.1, 0.15) is 0 Å². The van der Waals surface area contributed by atoms with Crippen molar-refractivity contribution in [2.24, 2.45) is 0 Å². The Bertz CT molecular complexity index is 356. The Morgan fingerprint density at radius 2 is 2.12 bits per heavy atom. The predicted octanol–water partition coefficient (Wildman–Crippen LogP) is 1.07. The highest BCUT2D eigenvalue weighted by molar-refractivity contribution is 5.84. The molecule has 1 aromatic heterocycles. The molecule has 88 valence electrons. The number of rotatable bonds is 5. The minimum absolute atomic E-state index is 0.126. The monoisotopic (exact) mass is 223 g/mol. The Labute approximate surface area is 94.7 Å². The first-order valence-electron chi connectivity index (χ1n) is 5.75. The van der Waals surface area contributed by atoms with Crippen LogP contribution in [0.3, 0.4) is 0 Å². The van der Waals surface area contributed by atoms with E-state index in [9.17, 15) is 4.79 Å². The fourth-order valence-corrected chi connectivity index (χ4v) is 2.06. The molecular weight excluding hydrogens is 206 g/mol. The highest BCUT2D eigenvalue weighted by Crippen LogP contribution is 2.07. The summed E-state index contributed by atoms with van der Waals surface area (Å²) in [6, 6.07) is 1.54. The van der Waals surface area contributed by atoms with Crippen molar-refractivity contribution >= 4 is 5.97 Å². The third-order valence-corrected chi connectivity index (χ3v) is 2.92. The van der Waals surface area contributed by atoms with Gasteiger partial charge in [-0.3, -0.25) is 4.68 Å².